The van der Waals surface area contributed by atoms with Crippen LogP contribution in [0.1, 0.15) is 21.5 Å². The van der Waals surface area contributed by atoms with Gasteiger partial charge < -0.3 is 4.57 Å². The molecule has 0 aliphatic carbocycles. The number of nitrogens with zero attached hydrogens (tertiary/aromatic N) is 2. The van der Waals surface area contributed by atoms with Gasteiger partial charge in [-0.2, -0.15) is 16.8 Å². The highest BCUT2D eigenvalue weighted by Gasteiger charge is 2.10. The average molecular weight is 391 g/mol. The van der Waals surface area contributed by atoms with E-state index in [0.717, 1.165) is 27.3 Å². The van der Waals surface area contributed by atoms with E-state index >= 15 is 0 Å². The summed E-state index contributed by atoms with van der Waals surface area (Å²) in [5, 5.41) is 0.611. The molecule has 0 unspecified atom stereocenters. The Labute approximate surface area is 160 Å². The molecular weight excluding hydrogens is 372 g/mol. The Kier molecular flexibility index (Phi) is 5.67. The smallest absolute Gasteiger partial charge is 0.279 e. The van der Waals surface area contributed by atoms with E-state index < -0.39 is 0 Å². The second kappa shape index (κ2) is 7.77. The van der Waals surface area contributed by atoms with Crippen molar-refractivity contribution in [2.75, 3.05) is 12.0 Å². The number of benzene rings is 2. The molecule has 0 saturated carbocycles. The molecule has 0 atom stereocenters. The van der Waals surface area contributed by atoms with Crippen LogP contribution < -0.4 is 4.80 Å². The summed E-state index contributed by atoms with van der Waals surface area (Å²) in [6.07, 6.45) is 2.08. The van der Waals surface area contributed by atoms with Gasteiger partial charge in [-0.25, -0.2) is 0 Å². The molecular formula is C19H19ClN2OS2. The highest BCUT2D eigenvalue weighted by molar-refractivity contribution is 7.98. The van der Waals surface area contributed by atoms with Crippen LogP contribution in [0.15, 0.2) is 41.4 Å². The van der Waals surface area contributed by atoms with Gasteiger partial charge in [-0.1, -0.05) is 22.9 Å². The van der Waals surface area contributed by atoms with Crippen molar-refractivity contribution in [3.8, 4) is 0 Å². The SMILES string of the molecule is CSCCn1c(=NC(=O)c2ccc(Cl)cc2)sc2cc(C)c(C)cc21. The van der Waals surface area contributed by atoms with Gasteiger partial charge in [0.05, 0.1) is 10.2 Å². The fraction of sp³-hybridized carbons (Fsp3) is 0.263. The number of carbonyl (C=O) groups excluding carboxylic acids is 1. The van der Waals surface area contributed by atoms with E-state index in [0.29, 0.717) is 10.6 Å². The Bertz CT molecular complexity index is 987. The van der Waals surface area contributed by atoms with E-state index in [-0.39, 0.29) is 5.91 Å². The van der Waals surface area contributed by atoms with Gasteiger partial charge in [0.25, 0.3) is 5.91 Å². The van der Waals surface area contributed by atoms with Gasteiger partial charge in [0.15, 0.2) is 4.80 Å². The molecule has 3 aromatic rings. The minimum atomic E-state index is -0.241. The lowest BCUT2D eigenvalue weighted by Crippen LogP contribution is -2.18. The summed E-state index contributed by atoms with van der Waals surface area (Å²) in [4.78, 5) is 17.7. The second-order valence-electron chi connectivity index (χ2n) is 5.86. The lowest BCUT2D eigenvalue weighted by atomic mass is 10.1. The van der Waals surface area contributed by atoms with Crippen molar-refractivity contribution in [2.24, 2.45) is 4.99 Å². The average Bonchev–Trinajstić information content (AvgIpc) is 2.90. The van der Waals surface area contributed by atoms with Crippen LogP contribution in [0.25, 0.3) is 10.2 Å². The molecule has 0 fully saturated rings. The third kappa shape index (κ3) is 4.00. The molecule has 0 saturated heterocycles. The molecule has 1 amide bonds. The monoisotopic (exact) mass is 390 g/mol. The summed E-state index contributed by atoms with van der Waals surface area (Å²) < 4.78 is 3.31. The number of fused-ring (bicyclic) bond motifs is 1. The number of amides is 1. The zero-order valence-corrected chi connectivity index (χ0v) is 16.8. The molecule has 130 valence electrons. The number of thiazole rings is 1. The molecule has 0 bridgehead atoms. The van der Waals surface area contributed by atoms with Gasteiger partial charge in [0.1, 0.15) is 0 Å². The first-order chi connectivity index (χ1) is 12.0. The lowest BCUT2D eigenvalue weighted by molar-refractivity contribution is 0.0998. The minimum absolute atomic E-state index is 0.241. The zero-order chi connectivity index (χ0) is 18.0. The molecule has 6 heteroatoms. The summed E-state index contributed by atoms with van der Waals surface area (Å²) in [6.45, 7) is 5.05. The van der Waals surface area contributed by atoms with Crippen LogP contribution in [0.2, 0.25) is 5.02 Å². The van der Waals surface area contributed by atoms with Gasteiger partial charge in [-0.05, 0) is 67.6 Å². The van der Waals surface area contributed by atoms with E-state index in [2.05, 4.69) is 41.8 Å². The summed E-state index contributed by atoms with van der Waals surface area (Å²) in [7, 11) is 0. The minimum Gasteiger partial charge on any atom is -0.315 e. The van der Waals surface area contributed by atoms with Crippen LogP contribution in [0, 0.1) is 13.8 Å². The predicted molar refractivity (Wildman–Crippen MR) is 109 cm³/mol. The maximum Gasteiger partial charge on any atom is 0.279 e. The maximum absolute atomic E-state index is 12.5. The first-order valence-corrected chi connectivity index (χ1v) is 10.5. The molecule has 0 spiro atoms. The summed E-state index contributed by atoms with van der Waals surface area (Å²) in [5.41, 5.74) is 4.19. The Morgan fingerprint density at radius 2 is 1.88 bits per heavy atom. The molecule has 2 aromatic carbocycles. The van der Waals surface area contributed by atoms with Crippen molar-refractivity contribution < 1.29 is 4.79 Å². The number of aromatic nitrogens is 1. The van der Waals surface area contributed by atoms with Gasteiger partial charge in [0.2, 0.25) is 0 Å². The van der Waals surface area contributed by atoms with Gasteiger partial charge in [0, 0.05) is 22.9 Å². The Balaban J connectivity index is 2.13. The molecule has 3 rings (SSSR count). The first-order valence-electron chi connectivity index (χ1n) is 7.94. The van der Waals surface area contributed by atoms with Gasteiger partial charge in [-0.3, -0.25) is 4.79 Å². The normalized spacial score (nSPS) is 12.1. The van der Waals surface area contributed by atoms with Crippen molar-refractivity contribution in [3.05, 3.63) is 62.9 Å². The van der Waals surface area contributed by atoms with Crippen LogP contribution in [0.4, 0.5) is 0 Å². The highest BCUT2D eigenvalue weighted by Crippen LogP contribution is 2.22. The lowest BCUT2D eigenvalue weighted by Gasteiger charge is -2.06. The van der Waals surface area contributed by atoms with Crippen LogP contribution >= 0.6 is 34.7 Å². The van der Waals surface area contributed by atoms with Crippen LogP contribution in [-0.2, 0) is 6.54 Å². The molecule has 3 nitrogen and oxygen atoms in total. The number of halogens is 1. The highest BCUT2D eigenvalue weighted by atomic mass is 35.5. The zero-order valence-electron chi connectivity index (χ0n) is 14.4. The largest absolute Gasteiger partial charge is 0.315 e. The summed E-state index contributed by atoms with van der Waals surface area (Å²) in [6, 6.07) is 11.2. The maximum atomic E-state index is 12.5. The number of hydrogen-bond acceptors (Lipinski definition) is 3. The van der Waals surface area contributed by atoms with Crippen molar-refractivity contribution in [2.45, 2.75) is 20.4 Å². The standard InChI is InChI=1S/C19H19ClN2OS2/c1-12-10-16-17(11-13(12)2)25-19(22(16)8-9-24-3)21-18(23)14-4-6-15(20)7-5-14/h4-7,10-11H,8-9H2,1-3H3. The third-order valence-corrected chi connectivity index (χ3v) is 5.99. The predicted octanol–water partition coefficient (Wildman–Crippen LogP) is 5.08. The third-order valence-electron chi connectivity index (χ3n) is 4.11. The van der Waals surface area contributed by atoms with Gasteiger partial charge >= 0.3 is 0 Å². The molecule has 25 heavy (non-hydrogen) atoms. The Morgan fingerprint density at radius 1 is 1.20 bits per heavy atom. The molecule has 0 N–H and O–H groups in total. The van der Waals surface area contributed by atoms with E-state index in [9.17, 15) is 4.79 Å². The van der Waals surface area contributed by atoms with E-state index in [4.69, 9.17) is 11.6 Å². The number of hydrogen-bond donors (Lipinski definition) is 0. The quantitative estimate of drug-likeness (QED) is 0.622. The van der Waals surface area contributed by atoms with Crippen molar-refractivity contribution >= 4 is 50.8 Å². The first kappa shape index (κ1) is 18.2. The van der Waals surface area contributed by atoms with Crippen LogP contribution in [0.5, 0.6) is 0 Å². The summed E-state index contributed by atoms with van der Waals surface area (Å²) in [5.74, 6) is 0.732. The number of aryl methyl sites for hydroxylation is 3. The topological polar surface area (TPSA) is 34.4 Å². The van der Waals surface area contributed by atoms with Crippen molar-refractivity contribution in [1.82, 2.24) is 4.57 Å². The Morgan fingerprint density at radius 3 is 2.56 bits per heavy atom. The summed E-state index contributed by atoms with van der Waals surface area (Å²) >= 11 is 9.24. The number of carbonyl (C=O) groups is 1. The Hall–Kier alpha value is -1.56. The molecule has 0 aliphatic rings. The molecule has 1 aromatic heterocycles. The van der Waals surface area contributed by atoms with E-state index in [1.807, 2.05) is 0 Å². The fourth-order valence-corrected chi connectivity index (χ4v) is 4.17. The molecule has 0 aliphatic heterocycles. The van der Waals surface area contributed by atoms with Crippen LogP contribution in [-0.4, -0.2) is 22.5 Å². The van der Waals surface area contributed by atoms with E-state index in [1.54, 1.807) is 47.4 Å². The molecule has 1 heterocycles. The van der Waals surface area contributed by atoms with Gasteiger partial charge in [-0.15, -0.1) is 0 Å². The van der Waals surface area contributed by atoms with Crippen molar-refractivity contribution in [3.63, 3.8) is 0 Å². The number of thioether (sulfide) groups is 1. The number of rotatable bonds is 4. The van der Waals surface area contributed by atoms with Crippen molar-refractivity contribution in [1.29, 1.82) is 0 Å². The molecule has 0 radical (unpaired) electrons. The van der Waals surface area contributed by atoms with Crippen LogP contribution in [0.3, 0.4) is 0 Å². The second-order valence-corrected chi connectivity index (χ2v) is 8.29. The van der Waals surface area contributed by atoms with E-state index in [1.165, 1.54) is 11.1 Å². The fourth-order valence-electron chi connectivity index (χ4n) is 2.55.